The molecule has 2 aromatic carbocycles. The molecule has 25 heavy (non-hydrogen) atoms. The minimum Gasteiger partial charge on any atom is -0.465 e. The molecule has 1 heterocycles. The average Bonchev–Trinajstić information content (AvgIpc) is 2.97. The minimum absolute atomic E-state index is 0.375. The van der Waals surface area contributed by atoms with Crippen molar-refractivity contribution in [2.75, 3.05) is 4.90 Å². The van der Waals surface area contributed by atoms with Gasteiger partial charge in [-0.15, -0.1) is 0 Å². The molecule has 1 N–H and O–H groups in total. The van der Waals surface area contributed by atoms with Crippen LogP contribution in [0.15, 0.2) is 59.1 Å². The molecule has 0 bridgehead atoms. The Morgan fingerprint density at radius 2 is 1.84 bits per heavy atom. The first-order chi connectivity index (χ1) is 12.0. The molecule has 0 radical (unpaired) electrons. The third-order valence-corrected chi connectivity index (χ3v) is 4.23. The lowest BCUT2D eigenvalue weighted by Gasteiger charge is -2.26. The maximum atomic E-state index is 12.1. The molecule has 0 saturated heterocycles. The largest absolute Gasteiger partial charge is 0.465 e. The Labute approximate surface area is 146 Å². The zero-order valence-corrected chi connectivity index (χ0v) is 14.4. The summed E-state index contributed by atoms with van der Waals surface area (Å²) in [6, 6.07) is 16.9. The Hall–Kier alpha value is -3.08. The standard InChI is InChI=1S/C20H20N2O3/c1-13-8-7-11-17(12-13)19-18(14(2)21-25-19)22(20(23)24)15(3)16-9-5-4-6-10-16/h4-12,15H,1-3H3,(H,23,24). The Balaban J connectivity index is 2.12. The topological polar surface area (TPSA) is 66.6 Å². The Kier molecular flexibility index (Phi) is 4.57. The summed E-state index contributed by atoms with van der Waals surface area (Å²) in [4.78, 5) is 13.4. The van der Waals surface area contributed by atoms with Gasteiger partial charge in [0.05, 0.1) is 6.04 Å². The predicted octanol–water partition coefficient (Wildman–Crippen LogP) is 5.20. The first-order valence-corrected chi connectivity index (χ1v) is 8.09. The smallest absolute Gasteiger partial charge is 0.412 e. The van der Waals surface area contributed by atoms with Crippen LogP contribution in [0.2, 0.25) is 0 Å². The van der Waals surface area contributed by atoms with Gasteiger partial charge in [0.2, 0.25) is 0 Å². The summed E-state index contributed by atoms with van der Waals surface area (Å²) < 4.78 is 5.50. The summed E-state index contributed by atoms with van der Waals surface area (Å²) in [7, 11) is 0. The highest BCUT2D eigenvalue weighted by atomic mass is 16.5. The number of nitrogens with zero attached hydrogens (tertiary/aromatic N) is 2. The summed E-state index contributed by atoms with van der Waals surface area (Å²) >= 11 is 0. The van der Waals surface area contributed by atoms with Gasteiger partial charge in [-0.2, -0.15) is 0 Å². The van der Waals surface area contributed by atoms with E-state index in [1.165, 1.54) is 4.90 Å². The molecule has 1 amide bonds. The van der Waals surface area contributed by atoms with Crippen molar-refractivity contribution in [3.63, 3.8) is 0 Å². The van der Waals surface area contributed by atoms with Crippen molar-refractivity contribution in [3.8, 4) is 11.3 Å². The zero-order chi connectivity index (χ0) is 18.0. The molecule has 128 valence electrons. The molecule has 0 fully saturated rings. The quantitative estimate of drug-likeness (QED) is 0.710. The first-order valence-electron chi connectivity index (χ1n) is 8.09. The van der Waals surface area contributed by atoms with Crippen molar-refractivity contribution in [1.82, 2.24) is 5.16 Å². The summed E-state index contributed by atoms with van der Waals surface area (Å²) in [5, 5.41) is 13.9. The number of benzene rings is 2. The fraction of sp³-hybridized carbons (Fsp3) is 0.200. The second kappa shape index (κ2) is 6.81. The van der Waals surface area contributed by atoms with Gasteiger partial charge >= 0.3 is 6.09 Å². The lowest BCUT2D eigenvalue weighted by Crippen LogP contribution is -2.32. The van der Waals surface area contributed by atoms with Crippen LogP contribution in [0.3, 0.4) is 0 Å². The number of carboxylic acid groups (broad SMARTS) is 1. The van der Waals surface area contributed by atoms with Gasteiger partial charge in [0.15, 0.2) is 5.76 Å². The Morgan fingerprint density at radius 1 is 1.12 bits per heavy atom. The van der Waals surface area contributed by atoms with Gasteiger partial charge in [-0.25, -0.2) is 4.79 Å². The van der Waals surface area contributed by atoms with Crippen molar-refractivity contribution in [1.29, 1.82) is 0 Å². The van der Waals surface area contributed by atoms with E-state index < -0.39 is 6.09 Å². The van der Waals surface area contributed by atoms with E-state index in [0.29, 0.717) is 17.1 Å². The lowest BCUT2D eigenvalue weighted by atomic mass is 10.0. The third-order valence-electron chi connectivity index (χ3n) is 4.23. The number of hydrogen-bond donors (Lipinski definition) is 1. The zero-order valence-electron chi connectivity index (χ0n) is 14.4. The molecule has 1 unspecified atom stereocenters. The summed E-state index contributed by atoms with van der Waals surface area (Å²) in [6.45, 7) is 5.59. The van der Waals surface area contributed by atoms with Crippen LogP contribution in [0, 0.1) is 13.8 Å². The highest BCUT2D eigenvalue weighted by molar-refractivity contribution is 5.93. The molecule has 0 aliphatic heterocycles. The molecular formula is C20H20N2O3. The van der Waals surface area contributed by atoms with Crippen LogP contribution in [-0.4, -0.2) is 16.4 Å². The van der Waals surface area contributed by atoms with E-state index in [2.05, 4.69) is 5.16 Å². The molecule has 0 aliphatic rings. The molecule has 0 saturated carbocycles. The highest BCUT2D eigenvalue weighted by Crippen LogP contribution is 2.38. The highest BCUT2D eigenvalue weighted by Gasteiger charge is 2.30. The van der Waals surface area contributed by atoms with E-state index in [1.807, 2.05) is 68.4 Å². The van der Waals surface area contributed by atoms with Crippen LogP contribution in [0.5, 0.6) is 0 Å². The monoisotopic (exact) mass is 336 g/mol. The van der Waals surface area contributed by atoms with Crippen LogP contribution in [0.4, 0.5) is 10.5 Å². The molecule has 0 spiro atoms. The van der Waals surface area contributed by atoms with E-state index in [-0.39, 0.29) is 6.04 Å². The Morgan fingerprint density at radius 3 is 2.48 bits per heavy atom. The minimum atomic E-state index is -1.04. The number of hydrogen-bond acceptors (Lipinski definition) is 3. The molecular weight excluding hydrogens is 316 g/mol. The van der Waals surface area contributed by atoms with Gasteiger partial charge in [-0.1, -0.05) is 59.3 Å². The molecule has 1 atom stereocenters. The van der Waals surface area contributed by atoms with Crippen molar-refractivity contribution < 1.29 is 14.4 Å². The van der Waals surface area contributed by atoms with Crippen LogP contribution < -0.4 is 4.90 Å². The van der Waals surface area contributed by atoms with Crippen molar-refractivity contribution in [2.24, 2.45) is 0 Å². The summed E-state index contributed by atoms with van der Waals surface area (Å²) in [5.41, 5.74) is 3.80. The number of aromatic nitrogens is 1. The van der Waals surface area contributed by atoms with Gasteiger partial charge < -0.3 is 9.63 Å². The number of rotatable bonds is 4. The van der Waals surface area contributed by atoms with E-state index in [4.69, 9.17) is 4.52 Å². The molecule has 3 rings (SSSR count). The number of amides is 1. The van der Waals surface area contributed by atoms with E-state index in [1.54, 1.807) is 6.92 Å². The first kappa shape index (κ1) is 16.8. The number of aryl methyl sites for hydroxylation is 2. The fourth-order valence-electron chi connectivity index (χ4n) is 2.96. The van der Waals surface area contributed by atoms with Crippen molar-refractivity contribution >= 4 is 11.8 Å². The van der Waals surface area contributed by atoms with E-state index in [9.17, 15) is 9.90 Å². The predicted molar refractivity (Wildman–Crippen MR) is 96.8 cm³/mol. The summed E-state index contributed by atoms with van der Waals surface area (Å²) in [5.74, 6) is 0.464. The Bertz CT molecular complexity index is 887. The van der Waals surface area contributed by atoms with Gasteiger partial charge in [0.1, 0.15) is 11.4 Å². The number of anilines is 1. The molecule has 1 aromatic heterocycles. The molecule has 0 aliphatic carbocycles. The van der Waals surface area contributed by atoms with E-state index in [0.717, 1.165) is 16.7 Å². The SMILES string of the molecule is Cc1cccc(-c2onc(C)c2N(C(=O)O)C(C)c2ccccc2)c1. The molecule has 3 aromatic rings. The maximum Gasteiger partial charge on any atom is 0.412 e. The van der Waals surface area contributed by atoms with Gasteiger partial charge in [-0.3, -0.25) is 4.90 Å². The van der Waals surface area contributed by atoms with Crippen molar-refractivity contribution in [3.05, 3.63) is 71.4 Å². The van der Waals surface area contributed by atoms with Crippen LogP contribution >= 0.6 is 0 Å². The fourth-order valence-corrected chi connectivity index (χ4v) is 2.96. The normalized spacial score (nSPS) is 12.0. The van der Waals surface area contributed by atoms with Gasteiger partial charge in [0.25, 0.3) is 0 Å². The van der Waals surface area contributed by atoms with Crippen LogP contribution in [0.1, 0.15) is 29.8 Å². The van der Waals surface area contributed by atoms with E-state index >= 15 is 0 Å². The summed E-state index contributed by atoms with van der Waals surface area (Å²) in [6.07, 6.45) is -1.04. The van der Waals surface area contributed by atoms with Crippen molar-refractivity contribution in [2.45, 2.75) is 26.8 Å². The van der Waals surface area contributed by atoms with Crippen LogP contribution in [-0.2, 0) is 0 Å². The average molecular weight is 336 g/mol. The van der Waals surface area contributed by atoms with Crippen LogP contribution in [0.25, 0.3) is 11.3 Å². The lowest BCUT2D eigenvalue weighted by molar-refractivity contribution is 0.199. The maximum absolute atomic E-state index is 12.1. The molecule has 5 nitrogen and oxygen atoms in total. The third kappa shape index (κ3) is 3.26. The van der Waals surface area contributed by atoms with Gasteiger partial charge in [0, 0.05) is 5.56 Å². The van der Waals surface area contributed by atoms with Gasteiger partial charge in [-0.05, 0) is 32.4 Å². The second-order valence-corrected chi connectivity index (χ2v) is 6.05. The molecule has 5 heteroatoms. The number of carbonyl (C=O) groups is 1. The second-order valence-electron chi connectivity index (χ2n) is 6.05.